The molecule has 2 aromatic carbocycles. The molecule has 0 bridgehead atoms. The Morgan fingerprint density at radius 3 is 2.56 bits per heavy atom. The van der Waals surface area contributed by atoms with E-state index in [-0.39, 0.29) is 18.1 Å². The van der Waals surface area contributed by atoms with Crippen molar-refractivity contribution in [2.45, 2.75) is 6.61 Å². The number of carbonyl (C=O) groups is 1. The maximum absolute atomic E-state index is 13.1. The molecule has 0 fully saturated rings. The van der Waals surface area contributed by atoms with Gasteiger partial charge in [0.25, 0.3) is 0 Å². The predicted molar refractivity (Wildman–Crippen MR) is 96.2 cm³/mol. The molecule has 4 rings (SSSR count). The number of esters is 1. The zero-order chi connectivity index (χ0) is 18.6. The van der Waals surface area contributed by atoms with E-state index in [1.54, 1.807) is 33.8 Å². The lowest BCUT2D eigenvalue weighted by molar-refractivity contribution is 0.0463. The third-order valence-electron chi connectivity index (χ3n) is 3.98. The number of ether oxygens (including phenoxy) is 1. The van der Waals surface area contributed by atoms with Crippen LogP contribution in [0.3, 0.4) is 0 Å². The minimum atomic E-state index is -0.524. The molecule has 0 aliphatic rings. The fourth-order valence-corrected chi connectivity index (χ4v) is 2.63. The molecule has 0 N–H and O–H groups in total. The van der Waals surface area contributed by atoms with Gasteiger partial charge in [0, 0.05) is 17.4 Å². The molecule has 0 amide bonds. The fourth-order valence-electron chi connectivity index (χ4n) is 2.63. The lowest BCUT2D eigenvalue weighted by Crippen LogP contribution is -2.10. The summed E-state index contributed by atoms with van der Waals surface area (Å²) in [4.78, 5) is 16.4. The van der Waals surface area contributed by atoms with Gasteiger partial charge in [-0.2, -0.15) is 5.10 Å². The fraction of sp³-hybridized carbons (Fsp3) is 0.0500. The minimum absolute atomic E-state index is 0.0836. The van der Waals surface area contributed by atoms with Gasteiger partial charge in [0.2, 0.25) is 0 Å². The van der Waals surface area contributed by atoms with Gasteiger partial charge in [0.15, 0.2) is 5.69 Å². The highest BCUT2D eigenvalue weighted by Crippen LogP contribution is 2.14. The highest BCUT2D eigenvalue weighted by molar-refractivity contribution is 5.88. The number of imidazole rings is 1. The molecule has 0 spiro atoms. The van der Waals surface area contributed by atoms with Crippen molar-refractivity contribution in [2.24, 2.45) is 0 Å². The summed E-state index contributed by atoms with van der Waals surface area (Å²) < 4.78 is 21.7. The van der Waals surface area contributed by atoms with Gasteiger partial charge in [-0.3, -0.25) is 4.57 Å². The second-order valence-corrected chi connectivity index (χ2v) is 5.83. The molecule has 2 aromatic heterocycles. The Balaban J connectivity index is 1.46. The summed E-state index contributed by atoms with van der Waals surface area (Å²) in [7, 11) is 0. The van der Waals surface area contributed by atoms with Crippen LogP contribution >= 0.6 is 0 Å². The summed E-state index contributed by atoms with van der Waals surface area (Å²) in [6, 6.07) is 15.4. The maximum Gasteiger partial charge on any atom is 0.357 e. The summed E-state index contributed by atoms with van der Waals surface area (Å²) in [5, 5.41) is 4.27. The van der Waals surface area contributed by atoms with Gasteiger partial charge in [-0.05, 0) is 36.4 Å². The number of hydrogen-bond acceptors (Lipinski definition) is 4. The van der Waals surface area contributed by atoms with Crippen LogP contribution in [0.4, 0.5) is 4.39 Å². The number of para-hydroxylation sites is 1. The van der Waals surface area contributed by atoms with Crippen LogP contribution in [0.2, 0.25) is 0 Å². The number of hydrogen-bond donors (Lipinski definition) is 0. The summed E-state index contributed by atoms with van der Waals surface area (Å²) >= 11 is 0. The molecule has 4 aromatic rings. The van der Waals surface area contributed by atoms with Gasteiger partial charge in [0.1, 0.15) is 12.4 Å². The number of halogens is 1. The first-order chi connectivity index (χ1) is 13.2. The molecular formula is C20H15FN4O2. The third kappa shape index (κ3) is 3.62. The van der Waals surface area contributed by atoms with Crippen LogP contribution in [0.5, 0.6) is 0 Å². The van der Waals surface area contributed by atoms with Gasteiger partial charge in [-0.1, -0.05) is 18.2 Å². The molecule has 0 saturated heterocycles. The molecule has 0 radical (unpaired) electrons. The lowest BCUT2D eigenvalue weighted by Gasteiger charge is -2.08. The average molecular weight is 362 g/mol. The normalized spacial score (nSPS) is 10.7. The average Bonchev–Trinajstić information content (AvgIpc) is 3.37. The summed E-state index contributed by atoms with van der Waals surface area (Å²) in [5.41, 5.74) is 2.57. The largest absolute Gasteiger partial charge is 0.456 e. The monoisotopic (exact) mass is 362 g/mol. The molecule has 0 saturated carbocycles. The van der Waals surface area contributed by atoms with Crippen molar-refractivity contribution in [3.8, 4) is 11.4 Å². The van der Waals surface area contributed by atoms with Crippen molar-refractivity contribution in [3.63, 3.8) is 0 Å². The first kappa shape index (κ1) is 16.7. The Kier molecular flexibility index (Phi) is 4.49. The van der Waals surface area contributed by atoms with E-state index in [0.29, 0.717) is 5.69 Å². The van der Waals surface area contributed by atoms with E-state index in [1.165, 1.54) is 24.7 Å². The van der Waals surface area contributed by atoms with Crippen LogP contribution in [0.1, 0.15) is 16.1 Å². The van der Waals surface area contributed by atoms with Gasteiger partial charge >= 0.3 is 5.97 Å². The molecular weight excluding hydrogens is 347 g/mol. The number of nitrogens with zero attached hydrogens (tertiary/aromatic N) is 4. The Morgan fingerprint density at radius 1 is 1.00 bits per heavy atom. The first-order valence-corrected chi connectivity index (χ1v) is 8.25. The Hall–Kier alpha value is -3.74. The van der Waals surface area contributed by atoms with Gasteiger partial charge in [0.05, 0.1) is 24.4 Å². The van der Waals surface area contributed by atoms with E-state index in [9.17, 15) is 9.18 Å². The molecule has 7 heteroatoms. The summed E-state index contributed by atoms with van der Waals surface area (Å²) in [6.07, 6.45) is 6.35. The van der Waals surface area contributed by atoms with Crippen molar-refractivity contribution in [2.75, 3.05) is 0 Å². The van der Waals surface area contributed by atoms with Gasteiger partial charge in [-0.25, -0.2) is 18.9 Å². The van der Waals surface area contributed by atoms with Crippen molar-refractivity contribution in [3.05, 3.63) is 96.6 Å². The van der Waals surface area contributed by atoms with Crippen LogP contribution < -0.4 is 0 Å². The molecule has 0 aliphatic carbocycles. The molecule has 2 heterocycles. The van der Waals surface area contributed by atoms with Crippen LogP contribution in [0.15, 0.2) is 79.5 Å². The van der Waals surface area contributed by atoms with Crippen molar-refractivity contribution in [1.29, 1.82) is 0 Å². The van der Waals surface area contributed by atoms with E-state index >= 15 is 0 Å². The molecule has 6 nitrogen and oxygen atoms in total. The molecule has 0 aliphatic heterocycles. The van der Waals surface area contributed by atoms with Crippen molar-refractivity contribution in [1.82, 2.24) is 19.3 Å². The Labute approximate surface area is 154 Å². The van der Waals surface area contributed by atoms with Crippen molar-refractivity contribution >= 4 is 5.97 Å². The van der Waals surface area contributed by atoms with E-state index in [4.69, 9.17) is 4.74 Å². The quantitative estimate of drug-likeness (QED) is 0.510. The van der Waals surface area contributed by atoms with E-state index < -0.39 is 5.97 Å². The smallest absolute Gasteiger partial charge is 0.357 e. The standard InChI is InChI=1S/C20H15FN4O2/c21-16-6-8-17(9-7-16)24-14-22-11-19(24)20(26)27-13-15-10-23-25(12-15)18-4-2-1-3-5-18/h1-12,14H,13H2. The first-order valence-electron chi connectivity index (χ1n) is 8.25. The second-order valence-electron chi connectivity index (χ2n) is 5.83. The van der Waals surface area contributed by atoms with Crippen molar-refractivity contribution < 1.29 is 13.9 Å². The van der Waals surface area contributed by atoms with E-state index in [0.717, 1.165) is 11.3 Å². The SMILES string of the molecule is O=C(OCc1cnn(-c2ccccc2)c1)c1cncn1-c1ccc(F)cc1. The Morgan fingerprint density at radius 2 is 1.78 bits per heavy atom. The molecule has 0 unspecified atom stereocenters. The highest BCUT2D eigenvalue weighted by atomic mass is 19.1. The zero-order valence-electron chi connectivity index (χ0n) is 14.2. The van der Waals surface area contributed by atoms with Crippen LogP contribution in [-0.2, 0) is 11.3 Å². The maximum atomic E-state index is 13.1. The number of benzene rings is 2. The van der Waals surface area contributed by atoms with E-state index in [2.05, 4.69) is 10.1 Å². The number of aromatic nitrogens is 4. The molecule has 27 heavy (non-hydrogen) atoms. The van der Waals surface area contributed by atoms with Crippen LogP contribution in [0.25, 0.3) is 11.4 Å². The predicted octanol–water partition coefficient (Wildman–Crippen LogP) is 3.55. The van der Waals surface area contributed by atoms with Gasteiger partial charge < -0.3 is 4.74 Å². The zero-order valence-corrected chi connectivity index (χ0v) is 14.2. The van der Waals surface area contributed by atoms with Crippen LogP contribution in [-0.4, -0.2) is 25.3 Å². The third-order valence-corrected chi connectivity index (χ3v) is 3.98. The molecule has 134 valence electrons. The van der Waals surface area contributed by atoms with Gasteiger partial charge in [-0.15, -0.1) is 0 Å². The minimum Gasteiger partial charge on any atom is -0.456 e. The number of rotatable bonds is 5. The summed E-state index contributed by atoms with van der Waals surface area (Å²) in [5.74, 6) is -0.872. The molecule has 0 atom stereocenters. The lowest BCUT2D eigenvalue weighted by atomic mass is 10.3. The second kappa shape index (κ2) is 7.25. The van der Waals surface area contributed by atoms with E-state index in [1.807, 2.05) is 30.3 Å². The topological polar surface area (TPSA) is 61.9 Å². The summed E-state index contributed by atoms with van der Waals surface area (Å²) in [6.45, 7) is 0.0836. The highest BCUT2D eigenvalue weighted by Gasteiger charge is 2.15. The number of carbonyl (C=O) groups excluding carboxylic acids is 1. The van der Waals surface area contributed by atoms with Crippen LogP contribution in [0, 0.1) is 5.82 Å². The Bertz CT molecular complexity index is 1060.